The van der Waals surface area contributed by atoms with Crippen molar-refractivity contribution in [1.29, 1.82) is 0 Å². The molecule has 0 radical (unpaired) electrons. The van der Waals surface area contributed by atoms with Gasteiger partial charge in [0.05, 0.1) is 13.4 Å². The van der Waals surface area contributed by atoms with Gasteiger partial charge in [0.25, 0.3) is 5.91 Å². The lowest BCUT2D eigenvalue weighted by Gasteiger charge is -2.41. The van der Waals surface area contributed by atoms with Gasteiger partial charge in [0.1, 0.15) is 0 Å². The number of ether oxygens (including phenoxy) is 1. The molecule has 0 unspecified atom stereocenters. The Hall–Kier alpha value is -1.56. The van der Waals surface area contributed by atoms with Gasteiger partial charge in [0.2, 0.25) is 0 Å². The first-order chi connectivity index (χ1) is 9.26. The van der Waals surface area contributed by atoms with E-state index in [1.54, 1.807) is 0 Å². The SMILES string of the molecule is CO/C=C/C(=O)NC(=O)N[C@]1(C)CC[C@H](CO)C1(C)C. The maximum atomic E-state index is 11.9. The molecule has 0 aromatic heterocycles. The minimum atomic E-state index is -0.539. The summed E-state index contributed by atoms with van der Waals surface area (Å²) >= 11 is 0. The first-order valence-electron chi connectivity index (χ1n) is 6.70. The summed E-state index contributed by atoms with van der Waals surface area (Å²) in [5, 5.41) is 14.5. The van der Waals surface area contributed by atoms with Crippen molar-refractivity contribution in [2.24, 2.45) is 11.3 Å². The van der Waals surface area contributed by atoms with Gasteiger partial charge in [0.15, 0.2) is 0 Å². The van der Waals surface area contributed by atoms with E-state index in [4.69, 9.17) is 0 Å². The Morgan fingerprint density at radius 3 is 2.55 bits per heavy atom. The zero-order chi connectivity index (χ0) is 15.4. The third-order valence-electron chi connectivity index (χ3n) is 4.64. The standard InChI is InChI=1S/C14H24N2O4/c1-13(2)10(9-17)5-7-14(13,3)16-12(19)15-11(18)6-8-20-4/h6,8,10,17H,5,7,9H2,1-4H3,(H2,15,16,18,19)/b8-6+/t10-,14-/m1/s1. The highest BCUT2D eigenvalue weighted by molar-refractivity contribution is 6.00. The summed E-state index contributed by atoms with van der Waals surface area (Å²) in [5.41, 5.74) is -0.708. The van der Waals surface area contributed by atoms with Gasteiger partial charge >= 0.3 is 6.03 Å². The number of carbonyl (C=O) groups excluding carboxylic acids is 2. The molecule has 1 fully saturated rings. The molecule has 6 nitrogen and oxygen atoms in total. The second-order valence-electron chi connectivity index (χ2n) is 5.95. The summed E-state index contributed by atoms with van der Waals surface area (Å²) in [7, 11) is 1.42. The number of aliphatic hydroxyl groups is 1. The molecule has 0 saturated heterocycles. The number of methoxy groups -OCH3 is 1. The lowest BCUT2D eigenvalue weighted by atomic mass is 9.71. The van der Waals surface area contributed by atoms with E-state index in [2.05, 4.69) is 15.4 Å². The van der Waals surface area contributed by atoms with Gasteiger partial charge in [-0.2, -0.15) is 0 Å². The molecule has 0 aliphatic heterocycles. The highest BCUT2D eigenvalue weighted by Gasteiger charge is 2.51. The molecule has 1 aliphatic rings. The quantitative estimate of drug-likeness (QED) is 0.534. The number of urea groups is 1. The van der Waals surface area contributed by atoms with E-state index in [9.17, 15) is 14.7 Å². The van der Waals surface area contributed by atoms with Crippen LogP contribution in [0, 0.1) is 11.3 Å². The summed E-state index contributed by atoms with van der Waals surface area (Å²) < 4.78 is 4.61. The molecule has 0 heterocycles. The Balaban J connectivity index is 2.66. The van der Waals surface area contributed by atoms with Crippen molar-refractivity contribution in [1.82, 2.24) is 10.6 Å². The number of nitrogens with one attached hydrogen (secondary N) is 2. The number of rotatable bonds is 4. The molecule has 2 atom stereocenters. The molecule has 1 rings (SSSR count). The van der Waals surface area contributed by atoms with Crippen LogP contribution in [0.5, 0.6) is 0 Å². The number of imide groups is 1. The zero-order valence-electron chi connectivity index (χ0n) is 12.5. The van der Waals surface area contributed by atoms with Crippen LogP contribution in [0.2, 0.25) is 0 Å². The van der Waals surface area contributed by atoms with Crippen molar-refractivity contribution in [2.75, 3.05) is 13.7 Å². The average molecular weight is 284 g/mol. The highest BCUT2D eigenvalue weighted by atomic mass is 16.5. The molecule has 0 bridgehead atoms. The molecule has 3 amide bonds. The normalized spacial score (nSPS) is 28.4. The van der Waals surface area contributed by atoms with E-state index in [0.29, 0.717) is 0 Å². The van der Waals surface area contributed by atoms with E-state index >= 15 is 0 Å². The molecule has 0 aromatic carbocycles. The highest BCUT2D eigenvalue weighted by Crippen LogP contribution is 2.49. The maximum absolute atomic E-state index is 11.9. The summed E-state index contributed by atoms with van der Waals surface area (Å²) in [6, 6.07) is -0.537. The van der Waals surface area contributed by atoms with E-state index in [0.717, 1.165) is 18.9 Å². The fraction of sp³-hybridized carbons (Fsp3) is 0.714. The second kappa shape index (κ2) is 6.26. The van der Waals surface area contributed by atoms with Crippen molar-refractivity contribution in [3.8, 4) is 0 Å². The number of amides is 3. The molecule has 20 heavy (non-hydrogen) atoms. The van der Waals surface area contributed by atoms with Crippen molar-refractivity contribution in [3.05, 3.63) is 12.3 Å². The van der Waals surface area contributed by atoms with Gasteiger partial charge in [-0.3, -0.25) is 10.1 Å². The summed E-state index contributed by atoms with van der Waals surface area (Å²) in [6.07, 6.45) is 3.95. The molecule has 0 spiro atoms. The summed E-state index contributed by atoms with van der Waals surface area (Å²) in [5.74, 6) is -0.403. The van der Waals surface area contributed by atoms with Crippen molar-refractivity contribution >= 4 is 11.9 Å². The Morgan fingerprint density at radius 2 is 2.05 bits per heavy atom. The van der Waals surface area contributed by atoms with E-state index < -0.39 is 17.5 Å². The zero-order valence-corrected chi connectivity index (χ0v) is 12.5. The topological polar surface area (TPSA) is 87.7 Å². The van der Waals surface area contributed by atoms with Crippen LogP contribution in [0.3, 0.4) is 0 Å². The van der Waals surface area contributed by atoms with Gasteiger partial charge in [-0.25, -0.2) is 4.79 Å². The monoisotopic (exact) mass is 284 g/mol. The molecule has 1 aliphatic carbocycles. The van der Waals surface area contributed by atoms with Crippen LogP contribution in [-0.2, 0) is 9.53 Å². The van der Waals surface area contributed by atoms with Crippen LogP contribution >= 0.6 is 0 Å². The van der Waals surface area contributed by atoms with Gasteiger partial charge in [0, 0.05) is 18.2 Å². The number of hydrogen-bond donors (Lipinski definition) is 3. The maximum Gasteiger partial charge on any atom is 0.322 e. The Morgan fingerprint density at radius 1 is 1.40 bits per heavy atom. The van der Waals surface area contributed by atoms with E-state index in [1.807, 2.05) is 20.8 Å². The van der Waals surface area contributed by atoms with Gasteiger partial charge in [-0.1, -0.05) is 13.8 Å². The van der Waals surface area contributed by atoms with E-state index in [1.165, 1.54) is 13.4 Å². The average Bonchev–Trinajstić information content (AvgIpc) is 2.57. The van der Waals surface area contributed by atoms with Gasteiger partial charge in [-0.05, 0) is 31.1 Å². The molecular weight excluding hydrogens is 260 g/mol. The van der Waals surface area contributed by atoms with Crippen LogP contribution in [0.1, 0.15) is 33.6 Å². The Labute approximate surface area is 119 Å². The first kappa shape index (κ1) is 16.5. The minimum Gasteiger partial charge on any atom is -0.504 e. The lowest BCUT2D eigenvalue weighted by Crippen LogP contribution is -2.57. The van der Waals surface area contributed by atoms with E-state index in [-0.39, 0.29) is 17.9 Å². The third kappa shape index (κ3) is 3.30. The van der Waals surface area contributed by atoms with Gasteiger partial charge in [-0.15, -0.1) is 0 Å². The second-order valence-corrected chi connectivity index (χ2v) is 5.95. The predicted octanol–water partition coefficient (Wildman–Crippen LogP) is 1.16. The molecule has 6 heteroatoms. The van der Waals surface area contributed by atoms with Gasteiger partial charge < -0.3 is 15.2 Å². The Bertz CT molecular complexity index is 406. The summed E-state index contributed by atoms with van der Waals surface area (Å²) in [6.45, 7) is 6.08. The smallest absolute Gasteiger partial charge is 0.322 e. The fourth-order valence-electron chi connectivity index (χ4n) is 2.70. The van der Waals surface area contributed by atoms with Crippen molar-refractivity contribution in [3.63, 3.8) is 0 Å². The van der Waals surface area contributed by atoms with Crippen LogP contribution in [0.25, 0.3) is 0 Å². The lowest BCUT2D eigenvalue weighted by molar-refractivity contribution is -0.115. The first-order valence-corrected chi connectivity index (χ1v) is 6.70. The van der Waals surface area contributed by atoms with Crippen molar-refractivity contribution < 1.29 is 19.4 Å². The molecule has 114 valence electrons. The molecular formula is C14H24N2O4. The molecule has 0 aromatic rings. The number of carbonyl (C=O) groups is 2. The van der Waals surface area contributed by atoms with Crippen molar-refractivity contribution in [2.45, 2.75) is 39.2 Å². The number of aliphatic hydroxyl groups excluding tert-OH is 1. The van der Waals surface area contributed by atoms with Crippen LogP contribution in [-0.4, -0.2) is 36.3 Å². The predicted molar refractivity (Wildman–Crippen MR) is 74.8 cm³/mol. The summed E-state index contributed by atoms with van der Waals surface area (Å²) in [4.78, 5) is 23.3. The van der Waals surface area contributed by atoms with Crippen LogP contribution in [0.4, 0.5) is 4.79 Å². The third-order valence-corrected chi connectivity index (χ3v) is 4.64. The van der Waals surface area contributed by atoms with Crippen LogP contribution < -0.4 is 10.6 Å². The Kier molecular flexibility index (Phi) is 5.16. The number of hydrogen-bond acceptors (Lipinski definition) is 4. The van der Waals surface area contributed by atoms with Crippen LogP contribution in [0.15, 0.2) is 12.3 Å². The minimum absolute atomic E-state index is 0.0986. The molecule has 1 saturated carbocycles. The molecule has 3 N–H and O–H groups in total. The largest absolute Gasteiger partial charge is 0.504 e. The fourth-order valence-corrected chi connectivity index (χ4v) is 2.70.